The maximum atomic E-state index is 11.1. The molecule has 1 aliphatic heterocycles. The smallest absolute Gasteiger partial charge is 0.208 e. The third-order valence-corrected chi connectivity index (χ3v) is 4.05. The number of hydrogen-bond donors (Lipinski definition) is 1. The minimum Gasteiger partial charge on any atom is -0.497 e. The van der Waals surface area contributed by atoms with Gasteiger partial charge in [0.15, 0.2) is 0 Å². The van der Waals surface area contributed by atoms with E-state index in [1.807, 2.05) is 24.3 Å². The van der Waals surface area contributed by atoms with Crippen molar-refractivity contribution in [1.82, 2.24) is 4.72 Å². The summed E-state index contributed by atoms with van der Waals surface area (Å²) in [5.74, 6) is 1.22. The van der Waals surface area contributed by atoms with Gasteiger partial charge in [-0.2, -0.15) is 0 Å². The maximum Gasteiger partial charge on any atom is 0.208 e. The predicted octanol–water partition coefficient (Wildman–Crippen LogP) is 1.07. The zero-order chi connectivity index (χ0) is 13.9. The summed E-state index contributed by atoms with van der Waals surface area (Å²) in [6, 6.07) is 7.95. The van der Waals surface area contributed by atoms with E-state index in [0.29, 0.717) is 12.5 Å². The Kier molecular flexibility index (Phi) is 4.31. The fourth-order valence-corrected chi connectivity index (χ4v) is 2.83. The van der Waals surface area contributed by atoms with E-state index in [9.17, 15) is 8.42 Å². The van der Waals surface area contributed by atoms with Crippen molar-refractivity contribution in [1.29, 1.82) is 0 Å². The minimum absolute atomic E-state index is 0.372. The molecule has 1 atom stereocenters. The molecule has 0 aliphatic carbocycles. The Morgan fingerprint density at radius 3 is 2.63 bits per heavy atom. The first-order valence-electron chi connectivity index (χ1n) is 6.31. The van der Waals surface area contributed by atoms with Gasteiger partial charge in [-0.05, 0) is 36.6 Å². The summed E-state index contributed by atoms with van der Waals surface area (Å²) in [5.41, 5.74) is 1.16. The first-order chi connectivity index (χ1) is 8.98. The molecule has 0 aromatic heterocycles. The van der Waals surface area contributed by atoms with Crippen LogP contribution in [0.4, 0.5) is 5.69 Å². The third kappa shape index (κ3) is 4.11. The summed E-state index contributed by atoms with van der Waals surface area (Å²) < 4.78 is 29.9. The molecule has 0 saturated carbocycles. The number of hydrogen-bond acceptors (Lipinski definition) is 4. The molecule has 6 heteroatoms. The fourth-order valence-electron chi connectivity index (χ4n) is 2.30. The van der Waals surface area contributed by atoms with Gasteiger partial charge < -0.3 is 9.64 Å². The maximum absolute atomic E-state index is 11.1. The van der Waals surface area contributed by atoms with Crippen LogP contribution in [-0.2, 0) is 10.0 Å². The van der Waals surface area contributed by atoms with Gasteiger partial charge in [-0.15, -0.1) is 0 Å². The molecule has 1 N–H and O–H groups in total. The molecule has 1 aliphatic rings. The minimum atomic E-state index is -3.09. The summed E-state index contributed by atoms with van der Waals surface area (Å²) >= 11 is 0. The molecule has 1 saturated heterocycles. The van der Waals surface area contributed by atoms with Gasteiger partial charge in [-0.1, -0.05) is 0 Å². The topological polar surface area (TPSA) is 58.6 Å². The van der Waals surface area contributed by atoms with Gasteiger partial charge in [0.2, 0.25) is 10.0 Å². The van der Waals surface area contributed by atoms with Gasteiger partial charge >= 0.3 is 0 Å². The average molecular weight is 284 g/mol. The predicted molar refractivity (Wildman–Crippen MR) is 76.2 cm³/mol. The zero-order valence-electron chi connectivity index (χ0n) is 11.3. The van der Waals surface area contributed by atoms with Crippen LogP contribution in [0.2, 0.25) is 0 Å². The summed E-state index contributed by atoms with van der Waals surface area (Å²) in [5, 5.41) is 0. The van der Waals surface area contributed by atoms with Crippen molar-refractivity contribution in [2.24, 2.45) is 5.92 Å². The van der Waals surface area contributed by atoms with Crippen LogP contribution in [0.15, 0.2) is 24.3 Å². The Morgan fingerprint density at radius 2 is 2.05 bits per heavy atom. The molecule has 1 aromatic carbocycles. The van der Waals surface area contributed by atoms with Crippen molar-refractivity contribution in [2.45, 2.75) is 6.42 Å². The number of ether oxygens (including phenoxy) is 1. The molecule has 1 aromatic rings. The summed E-state index contributed by atoms with van der Waals surface area (Å²) in [6.45, 7) is 2.36. The van der Waals surface area contributed by atoms with Crippen molar-refractivity contribution in [3.05, 3.63) is 24.3 Å². The molecule has 5 nitrogen and oxygen atoms in total. The number of nitrogens with one attached hydrogen (secondary N) is 1. The van der Waals surface area contributed by atoms with Crippen LogP contribution >= 0.6 is 0 Å². The highest BCUT2D eigenvalue weighted by atomic mass is 32.2. The van der Waals surface area contributed by atoms with Gasteiger partial charge in [0.25, 0.3) is 0 Å². The lowest BCUT2D eigenvalue weighted by Gasteiger charge is -2.19. The van der Waals surface area contributed by atoms with E-state index in [0.717, 1.165) is 30.9 Å². The number of sulfonamides is 1. The Bertz CT molecular complexity index is 513. The second kappa shape index (κ2) is 5.79. The van der Waals surface area contributed by atoms with Gasteiger partial charge in [0, 0.05) is 25.3 Å². The van der Waals surface area contributed by atoms with E-state index in [2.05, 4.69) is 9.62 Å². The lowest BCUT2D eigenvalue weighted by atomic mass is 10.1. The van der Waals surface area contributed by atoms with Gasteiger partial charge in [0.05, 0.1) is 13.4 Å². The molecule has 0 amide bonds. The van der Waals surface area contributed by atoms with E-state index in [1.54, 1.807) is 7.11 Å². The van der Waals surface area contributed by atoms with E-state index in [1.165, 1.54) is 6.26 Å². The van der Waals surface area contributed by atoms with Crippen molar-refractivity contribution in [3.63, 3.8) is 0 Å². The van der Waals surface area contributed by atoms with Crippen LogP contribution in [0.1, 0.15) is 6.42 Å². The number of nitrogens with zero attached hydrogens (tertiary/aromatic N) is 1. The van der Waals surface area contributed by atoms with Crippen LogP contribution in [0.3, 0.4) is 0 Å². The van der Waals surface area contributed by atoms with Crippen LogP contribution < -0.4 is 14.4 Å². The second-order valence-corrected chi connectivity index (χ2v) is 6.75. The largest absolute Gasteiger partial charge is 0.497 e. The van der Waals surface area contributed by atoms with Crippen LogP contribution in [0.5, 0.6) is 5.75 Å². The Balaban J connectivity index is 1.90. The first-order valence-corrected chi connectivity index (χ1v) is 8.21. The Morgan fingerprint density at radius 1 is 1.37 bits per heavy atom. The van der Waals surface area contributed by atoms with Gasteiger partial charge in [-0.25, -0.2) is 13.1 Å². The fraction of sp³-hybridized carbons (Fsp3) is 0.538. The molecule has 1 unspecified atom stereocenters. The Labute approximate surface area is 114 Å². The molecule has 0 spiro atoms. The second-order valence-electron chi connectivity index (χ2n) is 4.92. The first kappa shape index (κ1) is 14.1. The highest BCUT2D eigenvalue weighted by Crippen LogP contribution is 2.25. The molecule has 19 heavy (non-hydrogen) atoms. The monoisotopic (exact) mass is 284 g/mol. The van der Waals surface area contributed by atoms with Crippen molar-refractivity contribution < 1.29 is 13.2 Å². The molecule has 0 radical (unpaired) electrons. The highest BCUT2D eigenvalue weighted by Gasteiger charge is 2.23. The summed E-state index contributed by atoms with van der Waals surface area (Å²) in [7, 11) is -1.44. The lowest BCUT2D eigenvalue weighted by Crippen LogP contribution is -2.30. The van der Waals surface area contributed by atoms with E-state index >= 15 is 0 Å². The molecule has 2 rings (SSSR count). The highest BCUT2D eigenvalue weighted by molar-refractivity contribution is 7.88. The molecular formula is C13H20N2O3S. The average Bonchev–Trinajstić information content (AvgIpc) is 2.84. The summed E-state index contributed by atoms with van der Waals surface area (Å²) in [6.07, 6.45) is 2.21. The van der Waals surface area contributed by atoms with Gasteiger partial charge in [-0.3, -0.25) is 0 Å². The lowest BCUT2D eigenvalue weighted by molar-refractivity contribution is 0.415. The number of anilines is 1. The van der Waals surface area contributed by atoms with Crippen molar-refractivity contribution in [2.75, 3.05) is 37.9 Å². The molecule has 0 bridgehead atoms. The zero-order valence-corrected chi connectivity index (χ0v) is 12.1. The molecule has 106 valence electrons. The van der Waals surface area contributed by atoms with E-state index in [4.69, 9.17) is 4.74 Å². The SMILES string of the molecule is COc1ccc(N2CCC(CNS(C)(=O)=O)C2)cc1. The van der Waals surface area contributed by atoms with E-state index in [-0.39, 0.29) is 0 Å². The molecule has 1 heterocycles. The third-order valence-electron chi connectivity index (χ3n) is 3.36. The van der Waals surface area contributed by atoms with Crippen LogP contribution in [0.25, 0.3) is 0 Å². The van der Waals surface area contributed by atoms with Crippen LogP contribution in [0, 0.1) is 5.92 Å². The quantitative estimate of drug-likeness (QED) is 0.879. The molecule has 1 fully saturated rings. The standard InChI is InChI=1S/C13H20N2O3S/c1-18-13-5-3-12(4-6-13)15-8-7-11(10-15)9-14-19(2,16)17/h3-6,11,14H,7-10H2,1-2H3. The normalized spacial score (nSPS) is 19.7. The Hall–Kier alpha value is -1.27. The van der Waals surface area contributed by atoms with Crippen LogP contribution in [-0.4, -0.2) is 41.4 Å². The van der Waals surface area contributed by atoms with E-state index < -0.39 is 10.0 Å². The number of methoxy groups -OCH3 is 1. The summed E-state index contributed by atoms with van der Waals surface area (Å²) in [4.78, 5) is 2.27. The van der Waals surface area contributed by atoms with Crippen molar-refractivity contribution >= 4 is 15.7 Å². The van der Waals surface area contributed by atoms with Crippen molar-refractivity contribution in [3.8, 4) is 5.75 Å². The van der Waals surface area contributed by atoms with Gasteiger partial charge in [0.1, 0.15) is 5.75 Å². The number of rotatable bonds is 5. The molecular weight excluding hydrogens is 264 g/mol. The number of benzene rings is 1.